The van der Waals surface area contributed by atoms with Crippen LogP contribution in [-0.2, 0) is 6.54 Å². The van der Waals surface area contributed by atoms with Gasteiger partial charge in [-0.1, -0.05) is 6.07 Å². The van der Waals surface area contributed by atoms with Crippen LogP contribution in [0.15, 0.2) is 34.1 Å². The first-order valence-corrected chi connectivity index (χ1v) is 7.66. The molecule has 1 N–H and O–H groups in total. The zero-order valence-corrected chi connectivity index (χ0v) is 13.0. The fraction of sp³-hybridized carbons (Fsp3) is 0.143. The van der Waals surface area contributed by atoms with E-state index in [1.807, 2.05) is 29.0 Å². The van der Waals surface area contributed by atoms with Crippen LogP contribution < -0.4 is 0 Å². The number of para-hydroxylation sites is 1. The van der Waals surface area contributed by atoms with Crippen LogP contribution in [0.2, 0.25) is 0 Å². The van der Waals surface area contributed by atoms with E-state index in [4.69, 9.17) is 0 Å². The van der Waals surface area contributed by atoms with Gasteiger partial charge in [0, 0.05) is 9.35 Å². The number of hydrogen-bond donors (Lipinski definition) is 1. The Balaban J connectivity index is 2.17. The standard InChI is InChI=1S/C14H11BrN2O2S/c1-8-16-13-9(14(18)19)3-2-4-11(13)17(8)7-12-10(15)5-6-20-12/h2-6H,7H2,1H3,(H,18,19). The van der Waals surface area contributed by atoms with E-state index >= 15 is 0 Å². The van der Waals surface area contributed by atoms with Crippen molar-refractivity contribution in [3.63, 3.8) is 0 Å². The Morgan fingerprint density at radius 3 is 2.90 bits per heavy atom. The van der Waals surface area contributed by atoms with E-state index in [1.54, 1.807) is 23.5 Å². The number of carboxylic acid groups (broad SMARTS) is 1. The molecule has 0 atom stereocenters. The smallest absolute Gasteiger partial charge is 0.337 e. The van der Waals surface area contributed by atoms with Crippen LogP contribution in [0.1, 0.15) is 21.1 Å². The van der Waals surface area contributed by atoms with E-state index in [1.165, 1.54) is 4.88 Å². The molecule has 102 valence electrons. The number of thiophene rings is 1. The lowest BCUT2D eigenvalue weighted by molar-refractivity contribution is 0.0699. The molecule has 1 aromatic carbocycles. The van der Waals surface area contributed by atoms with Crippen molar-refractivity contribution < 1.29 is 9.90 Å². The van der Waals surface area contributed by atoms with E-state index < -0.39 is 5.97 Å². The van der Waals surface area contributed by atoms with Gasteiger partial charge in [-0.15, -0.1) is 11.3 Å². The second-order valence-corrected chi connectivity index (χ2v) is 6.27. The van der Waals surface area contributed by atoms with Crippen LogP contribution in [0, 0.1) is 6.92 Å². The monoisotopic (exact) mass is 350 g/mol. The van der Waals surface area contributed by atoms with Gasteiger partial charge in [0.15, 0.2) is 0 Å². The highest BCUT2D eigenvalue weighted by Crippen LogP contribution is 2.27. The molecule has 20 heavy (non-hydrogen) atoms. The van der Waals surface area contributed by atoms with E-state index in [9.17, 15) is 9.90 Å². The molecule has 0 bridgehead atoms. The minimum Gasteiger partial charge on any atom is -0.478 e. The van der Waals surface area contributed by atoms with Crippen molar-refractivity contribution in [2.45, 2.75) is 13.5 Å². The predicted molar refractivity (Wildman–Crippen MR) is 82.6 cm³/mol. The number of carboxylic acids is 1. The van der Waals surface area contributed by atoms with Gasteiger partial charge < -0.3 is 9.67 Å². The number of hydrogen-bond acceptors (Lipinski definition) is 3. The maximum absolute atomic E-state index is 11.3. The largest absolute Gasteiger partial charge is 0.478 e. The first-order valence-electron chi connectivity index (χ1n) is 5.99. The average molecular weight is 351 g/mol. The lowest BCUT2D eigenvalue weighted by Gasteiger charge is -2.06. The fourth-order valence-electron chi connectivity index (χ4n) is 2.22. The molecule has 0 saturated heterocycles. The van der Waals surface area contributed by atoms with E-state index in [0.29, 0.717) is 12.1 Å². The molecule has 0 aliphatic heterocycles. The van der Waals surface area contributed by atoms with Crippen molar-refractivity contribution in [1.29, 1.82) is 0 Å². The van der Waals surface area contributed by atoms with E-state index in [0.717, 1.165) is 15.8 Å². The Morgan fingerprint density at radius 2 is 2.25 bits per heavy atom. The third-order valence-electron chi connectivity index (χ3n) is 3.19. The number of benzene rings is 1. The quantitative estimate of drug-likeness (QED) is 0.778. The summed E-state index contributed by atoms with van der Waals surface area (Å²) in [5.74, 6) is -0.133. The molecule has 0 amide bonds. The van der Waals surface area contributed by atoms with Crippen molar-refractivity contribution in [1.82, 2.24) is 9.55 Å². The zero-order chi connectivity index (χ0) is 14.3. The number of aromatic nitrogens is 2. The van der Waals surface area contributed by atoms with Crippen molar-refractivity contribution in [3.05, 3.63) is 50.4 Å². The van der Waals surface area contributed by atoms with Crippen LogP contribution in [0.5, 0.6) is 0 Å². The molecular weight excluding hydrogens is 340 g/mol. The topological polar surface area (TPSA) is 55.1 Å². The van der Waals surface area contributed by atoms with Crippen LogP contribution in [0.4, 0.5) is 0 Å². The second-order valence-electron chi connectivity index (χ2n) is 4.42. The minimum absolute atomic E-state index is 0.245. The van der Waals surface area contributed by atoms with E-state index in [2.05, 4.69) is 20.9 Å². The Kier molecular flexibility index (Phi) is 3.35. The molecule has 0 unspecified atom stereocenters. The number of rotatable bonds is 3. The maximum atomic E-state index is 11.3. The number of nitrogens with zero attached hydrogens (tertiary/aromatic N) is 2. The third-order valence-corrected chi connectivity index (χ3v) is 5.10. The van der Waals surface area contributed by atoms with Gasteiger partial charge >= 0.3 is 5.97 Å². The van der Waals surface area contributed by atoms with Gasteiger partial charge in [-0.05, 0) is 46.4 Å². The first kappa shape index (κ1) is 13.3. The Morgan fingerprint density at radius 1 is 1.45 bits per heavy atom. The molecule has 0 aliphatic rings. The number of carbonyl (C=O) groups is 1. The maximum Gasteiger partial charge on any atom is 0.337 e. The predicted octanol–water partition coefficient (Wildman–Crippen LogP) is 3.92. The van der Waals surface area contributed by atoms with Crippen molar-refractivity contribution in [2.24, 2.45) is 0 Å². The molecule has 0 aliphatic carbocycles. The molecule has 0 saturated carbocycles. The number of fused-ring (bicyclic) bond motifs is 1. The Hall–Kier alpha value is -1.66. The Labute approximate surface area is 127 Å². The normalized spacial score (nSPS) is 11.1. The van der Waals surface area contributed by atoms with Crippen LogP contribution >= 0.6 is 27.3 Å². The molecule has 3 aromatic rings. The number of imidazole rings is 1. The summed E-state index contributed by atoms with van der Waals surface area (Å²) in [6.07, 6.45) is 0. The summed E-state index contributed by atoms with van der Waals surface area (Å²) < 4.78 is 3.11. The lowest BCUT2D eigenvalue weighted by atomic mass is 10.2. The molecule has 0 spiro atoms. The van der Waals surface area contributed by atoms with Gasteiger partial charge in [-0.3, -0.25) is 0 Å². The molecule has 3 rings (SSSR count). The van der Waals surface area contributed by atoms with Gasteiger partial charge in [0.25, 0.3) is 0 Å². The first-order chi connectivity index (χ1) is 9.58. The van der Waals surface area contributed by atoms with Gasteiger partial charge in [0.05, 0.1) is 17.6 Å². The van der Waals surface area contributed by atoms with Crippen molar-refractivity contribution >= 4 is 44.3 Å². The molecule has 2 heterocycles. The number of aryl methyl sites for hydroxylation is 1. The second kappa shape index (κ2) is 5.03. The number of halogens is 1. The van der Waals surface area contributed by atoms with Gasteiger partial charge in [0.1, 0.15) is 11.3 Å². The highest BCUT2D eigenvalue weighted by Gasteiger charge is 2.15. The molecule has 2 aromatic heterocycles. The molecule has 0 fully saturated rings. The summed E-state index contributed by atoms with van der Waals surface area (Å²) in [5, 5.41) is 11.3. The lowest BCUT2D eigenvalue weighted by Crippen LogP contribution is -2.01. The summed E-state index contributed by atoms with van der Waals surface area (Å²) >= 11 is 5.18. The zero-order valence-electron chi connectivity index (χ0n) is 10.6. The van der Waals surface area contributed by atoms with Crippen molar-refractivity contribution in [3.8, 4) is 0 Å². The Bertz CT molecular complexity index is 807. The highest BCUT2D eigenvalue weighted by molar-refractivity contribution is 9.10. The summed E-state index contributed by atoms with van der Waals surface area (Å²) in [4.78, 5) is 16.9. The van der Waals surface area contributed by atoms with Crippen LogP contribution in [-0.4, -0.2) is 20.6 Å². The summed E-state index contributed by atoms with van der Waals surface area (Å²) in [6, 6.07) is 7.26. The van der Waals surface area contributed by atoms with Gasteiger partial charge in [-0.2, -0.15) is 0 Å². The molecule has 6 heteroatoms. The fourth-order valence-corrected chi connectivity index (χ4v) is 3.68. The van der Waals surface area contributed by atoms with Crippen LogP contribution in [0.3, 0.4) is 0 Å². The molecule has 0 radical (unpaired) electrons. The van der Waals surface area contributed by atoms with Gasteiger partial charge in [-0.25, -0.2) is 9.78 Å². The van der Waals surface area contributed by atoms with Crippen molar-refractivity contribution in [2.75, 3.05) is 0 Å². The summed E-state index contributed by atoms with van der Waals surface area (Å²) in [5.41, 5.74) is 1.64. The van der Waals surface area contributed by atoms with Gasteiger partial charge in [0.2, 0.25) is 0 Å². The average Bonchev–Trinajstić information content (AvgIpc) is 2.94. The van der Waals surface area contributed by atoms with E-state index in [-0.39, 0.29) is 5.56 Å². The molecular formula is C14H11BrN2O2S. The SMILES string of the molecule is Cc1nc2c(C(=O)O)cccc2n1Cc1sccc1Br. The summed E-state index contributed by atoms with van der Waals surface area (Å²) in [6.45, 7) is 2.58. The summed E-state index contributed by atoms with van der Waals surface area (Å²) in [7, 11) is 0. The van der Waals surface area contributed by atoms with Crippen LogP contribution in [0.25, 0.3) is 11.0 Å². The third kappa shape index (κ3) is 2.14. The molecule has 4 nitrogen and oxygen atoms in total. The minimum atomic E-state index is -0.947. The number of aromatic carboxylic acids is 1. The highest BCUT2D eigenvalue weighted by atomic mass is 79.9.